The van der Waals surface area contributed by atoms with Crippen LogP contribution in [-0.2, 0) is 4.79 Å². The largest absolute Gasteiger partial charge is 0.359 e. The van der Waals surface area contributed by atoms with Gasteiger partial charge in [-0.3, -0.25) is 4.79 Å². The number of benzene rings is 1. The van der Waals surface area contributed by atoms with Gasteiger partial charge in [-0.25, -0.2) is 4.79 Å². The average molecular weight is 339 g/mol. The van der Waals surface area contributed by atoms with Crippen molar-refractivity contribution in [2.24, 2.45) is 5.92 Å². The maximum absolute atomic E-state index is 11.9. The molecule has 0 spiro atoms. The van der Waals surface area contributed by atoms with Crippen molar-refractivity contribution in [1.29, 1.82) is 0 Å². The minimum Gasteiger partial charge on any atom is -0.359 e. The van der Waals surface area contributed by atoms with Crippen molar-refractivity contribution < 1.29 is 9.59 Å². The summed E-state index contributed by atoms with van der Waals surface area (Å²) in [6.07, 6.45) is 0. The van der Waals surface area contributed by atoms with Crippen LogP contribution in [0.25, 0.3) is 0 Å². The Balaban J connectivity index is 2.01. The molecule has 0 aliphatic carbocycles. The van der Waals surface area contributed by atoms with Crippen molar-refractivity contribution in [3.8, 4) is 0 Å². The smallest absolute Gasteiger partial charge is 0.319 e. The van der Waals surface area contributed by atoms with Crippen LogP contribution in [0.2, 0.25) is 5.02 Å². The molecule has 1 unspecified atom stereocenters. The monoisotopic (exact) mass is 338 g/mol. The lowest BCUT2D eigenvalue weighted by molar-refractivity contribution is -0.120. The van der Waals surface area contributed by atoms with E-state index in [0.29, 0.717) is 36.3 Å². The third-order valence-electron chi connectivity index (χ3n) is 3.94. The first-order chi connectivity index (χ1) is 10.9. The fourth-order valence-electron chi connectivity index (χ4n) is 2.23. The van der Waals surface area contributed by atoms with Crippen LogP contribution in [-0.4, -0.2) is 37.6 Å². The molecule has 1 aromatic rings. The first-order valence-electron chi connectivity index (χ1n) is 7.75. The molecular formula is C16H23ClN4O2. The SMILES string of the molecule is CC(C)C(C)NC(=O)Nc1ccc(N2CCNC(=O)C2)c(Cl)c1. The van der Waals surface area contributed by atoms with Gasteiger partial charge >= 0.3 is 6.03 Å². The van der Waals surface area contributed by atoms with E-state index in [1.807, 2.05) is 31.7 Å². The normalized spacial score (nSPS) is 16.0. The van der Waals surface area contributed by atoms with E-state index in [2.05, 4.69) is 16.0 Å². The molecule has 3 amide bonds. The predicted octanol–water partition coefficient (Wildman–Crippen LogP) is 2.44. The molecule has 1 saturated heterocycles. The lowest BCUT2D eigenvalue weighted by Gasteiger charge is -2.29. The number of anilines is 2. The highest BCUT2D eigenvalue weighted by Crippen LogP contribution is 2.29. The lowest BCUT2D eigenvalue weighted by Crippen LogP contribution is -2.47. The summed E-state index contributed by atoms with van der Waals surface area (Å²) < 4.78 is 0. The second kappa shape index (κ2) is 7.55. The number of carbonyl (C=O) groups excluding carboxylic acids is 2. The van der Waals surface area contributed by atoms with Gasteiger partial charge in [0.15, 0.2) is 0 Å². The van der Waals surface area contributed by atoms with E-state index in [4.69, 9.17) is 11.6 Å². The molecule has 3 N–H and O–H groups in total. The van der Waals surface area contributed by atoms with Gasteiger partial charge < -0.3 is 20.9 Å². The third kappa shape index (κ3) is 4.76. The quantitative estimate of drug-likeness (QED) is 0.789. The highest BCUT2D eigenvalue weighted by atomic mass is 35.5. The zero-order chi connectivity index (χ0) is 17.0. The zero-order valence-corrected chi connectivity index (χ0v) is 14.4. The summed E-state index contributed by atoms with van der Waals surface area (Å²) in [5.74, 6) is 0.341. The Hall–Kier alpha value is -1.95. The maximum Gasteiger partial charge on any atom is 0.319 e. The summed E-state index contributed by atoms with van der Waals surface area (Å²) in [7, 11) is 0. The van der Waals surface area contributed by atoms with E-state index in [-0.39, 0.29) is 18.0 Å². The Labute approximate surface area is 141 Å². The Kier molecular flexibility index (Phi) is 5.71. The van der Waals surface area contributed by atoms with Crippen molar-refractivity contribution in [3.63, 3.8) is 0 Å². The Morgan fingerprint density at radius 3 is 2.70 bits per heavy atom. The third-order valence-corrected chi connectivity index (χ3v) is 4.25. The summed E-state index contributed by atoms with van der Waals surface area (Å²) in [4.78, 5) is 25.3. The average Bonchev–Trinajstić information content (AvgIpc) is 2.47. The first-order valence-corrected chi connectivity index (χ1v) is 8.13. The van der Waals surface area contributed by atoms with E-state index >= 15 is 0 Å². The molecule has 2 rings (SSSR count). The number of nitrogens with zero attached hydrogens (tertiary/aromatic N) is 1. The van der Waals surface area contributed by atoms with Crippen LogP contribution in [0.3, 0.4) is 0 Å². The topological polar surface area (TPSA) is 73.5 Å². The Morgan fingerprint density at radius 1 is 1.35 bits per heavy atom. The number of nitrogens with one attached hydrogen (secondary N) is 3. The molecule has 0 radical (unpaired) electrons. The number of urea groups is 1. The van der Waals surface area contributed by atoms with Crippen LogP contribution in [0.15, 0.2) is 18.2 Å². The molecule has 23 heavy (non-hydrogen) atoms. The van der Waals surface area contributed by atoms with Gasteiger partial charge in [-0.2, -0.15) is 0 Å². The van der Waals surface area contributed by atoms with Gasteiger partial charge in [-0.05, 0) is 31.0 Å². The van der Waals surface area contributed by atoms with E-state index in [1.54, 1.807) is 12.1 Å². The maximum atomic E-state index is 11.9. The fourth-order valence-corrected chi connectivity index (χ4v) is 2.53. The summed E-state index contributed by atoms with van der Waals surface area (Å²) >= 11 is 6.31. The summed E-state index contributed by atoms with van der Waals surface area (Å²) in [5.41, 5.74) is 1.41. The van der Waals surface area contributed by atoms with Crippen LogP contribution >= 0.6 is 11.6 Å². The number of rotatable bonds is 4. The van der Waals surface area contributed by atoms with Crippen LogP contribution in [0.4, 0.5) is 16.2 Å². The van der Waals surface area contributed by atoms with Crippen molar-refractivity contribution in [3.05, 3.63) is 23.2 Å². The van der Waals surface area contributed by atoms with Gasteiger partial charge in [0.1, 0.15) is 0 Å². The molecular weight excluding hydrogens is 316 g/mol. The van der Waals surface area contributed by atoms with E-state index < -0.39 is 0 Å². The van der Waals surface area contributed by atoms with Gasteiger partial charge in [0.2, 0.25) is 5.91 Å². The molecule has 1 fully saturated rings. The van der Waals surface area contributed by atoms with Crippen molar-refractivity contribution in [1.82, 2.24) is 10.6 Å². The van der Waals surface area contributed by atoms with Crippen LogP contribution < -0.4 is 20.9 Å². The molecule has 6 nitrogen and oxygen atoms in total. The standard InChI is InChI=1S/C16H23ClN4O2/c1-10(2)11(3)19-16(23)20-12-4-5-14(13(17)8-12)21-7-6-18-15(22)9-21/h4-5,8,10-11H,6-7,9H2,1-3H3,(H,18,22)(H2,19,20,23). The number of amides is 3. The van der Waals surface area contributed by atoms with E-state index in [1.165, 1.54) is 0 Å². The molecule has 0 saturated carbocycles. The van der Waals surface area contributed by atoms with Gasteiger partial charge in [0.05, 0.1) is 17.3 Å². The molecule has 1 aliphatic heterocycles. The zero-order valence-electron chi connectivity index (χ0n) is 13.6. The number of halogens is 1. The molecule has 1 heterocycles. The Morgan fingerprint density at radius 2 is 2.09 bits per heavy atom. The van der Waals surface area contributed by atoms with Gasteiger partial charge in [0.25, 0.3) is 0 Å². The number of hydrogen-bond acceptors (Lipinski definition) is 3. The highest BCUT2D eigenvalue weighted by Gasteiger charge is 2.19. The van der Waals surface area contributed by atoms with Gasteiger partial charge in [0, 0.05) is 24.8 Å². The van der Waals surface area contributed by atoms with E-state index in [9.17, 15) is 9.59 Å². The number of hydrogen-bond donors (Lipinski definition) is 3. The number of carbonyl (C=O) groups is 2. The lowest BCUT2D eigenvalue weighted by atomic mass is 10.1. The summed E-state index contributed by atoms with van der Waals surface area (Å²) in [6, 6.07) is 5.13. The van der Waals surface area contributed by atoms with Crippen LogP contribution in [0.1, 0.15) is 20.8 Å². The van der Waals surface area contributed by atoms with Crippen molar-refractivity contribution in [2.75, 3.05) is 29.9 Å². The summed E-state index contributed by atoms with van der Waals surface area (Å²) in [5, 5.41) is 8.94. The first kappa shape index (κ1) is 17.4. The highest BCUT2D eigenvalue weighted by molar-refractivity contribution is 6.33. The van der Waals surface area contributed by atoms with Crippen molar-refractivity contribution >= 4 is 34.9 Å². The minimum atomic E-state index is -0.257. The van der Waals surface area contributed by atoms with Crippen LogP contribution in [0.5, 0.6) is 0 Å². The Bertz CT molecular complexity index is 591. The molecule has 1 atom stereocenters. The molecule has 7 heteroatoms. The fraction of sp³-hybridized carbons (Fsp3) is 0.500. The molecule has 0 aromatic heterocycles. The summed E-state index contributed by atoms with van der Waals surface area (Å²) in [6.45, 7) is 7.66. The predicted molar refractivity (Wildman–Crippen MR) is 93.1 cm³/mol. The second-order valence-electron chi connectivity index (χ2n) is 6.07. The van der Waals surface area contributed by atoms with E-state index in [0.717, 1.165) is 5.69 Å². The van der Waals surface area contributed by atoms with Crippen molar-refractivity contribution in [2.45, 2.75) is 26.8 Å². The second-order valence-corrected chi connectivity index (χ2v) is 6.48. The molecule has 126 valence electrons. The molecule has 0 bridgehead atoms. The number of piperazine rings is 1. The molecule has 1 aliphatic rings. The van der Waals surface area contributed by atoms with Crippen LogP contribution in [0, 0.1) is 5.92 Å². The minimum absolute atomic E-state index is 0.0171. The van der Waals surface area contributed by atoms with Gasteiger partial charge in [-0.15, -0.1) is 0 Å². The van der Waals surface area contributed by atoms with Gasteiger partial charge in [-0.1, -0.05) is 25.4 Å². The molecule has 1 aromatic carbocycles.